The molecule has 0 saturated carbocycles. The summed E-state index contributed by atoms with van der Waals surface area (Å²) in [7, 11) is 0. The lowest BCUT2D eigenvalue weighted by Crippen LogP contribution is -2.06. The zero-order valence-corrected chi connectivity index (χ0v) is 11.6. The lowest BCUT2D eigenvalue weighted by atomic mass is 10.3. The summed E-state index contributed by atoms with van der Waals surface area (Å²) in [5, 5.41) is 3.17. The summed E-state index contributed by atoms with van der Waals surface area (Å²) in [5.74, 6) is 0.255. The first kappa shape index (κ1) is 14.3. The molecule has 5 nitrogen and oxygen atoms in total. The van der Waals surface area contributed by atoms with Gasteiger partial charge in [-0.25, -0.2) is 9.37 Å². The molecule has 0 aliphatic heterocycles. The summed E-state index contributed by atoms with van der Waals surface area (Å²) < 4.78 is 18.4. The molecule has 2 aromatic rings. The highest BCUT2D eigenvalue weighted by molar-refractivity contribution is 6.33. The van der Waals surface area contributed by atoms with Crippen molar-refractivity contribution in [1.82, 2.24) is 9.97 Å². The van der Waals surface area contributed by atoms with Gasteiger partial charge in [-0.2, -0.15) is 4.98 Å². The zero-order chi connectivity index (χ0) is 14.5. The topological polar surface area (TPSA) is 73.1 Å². The fraction of sp³-hybridized carbons (Fsp3) is 0.231. The van der Waals surface area contributed by atoms with Crippen LogP contribution in [-0.2, 0) is 0 Å². The first-order valence-electron chi connectivity index (χ1n) is 6.07. The van der Waals surface area contributed by atoms with E-state index in [1.807, 2.05) is 6.92 Å². The molecular weight excluding hydrogens is 283 g/mol. The van der Waals surface area contributed by atoms with Gasteiger partial charge < -0.3 is 15.8 Å². The van der Waals surface area contributed by atoms with Crippen LogP contribution in [-0.4, -0.2) is 16.6 Å². The summed E-state index contributed by atoms with van der Waals surface area (Å²) in [6.45, 7) is 2.49. The second kappa shape index (κ2) is 6.38. The van der Waals surface area contributed by atoms with Gasteiger partial charge in [-0.05, 0) is 24.6 Å². The van der Waals surface area contributed by atoms with Gasteiger partial charge in [0.15, 0.2) is 5.82 Å². The lowest BCUT2D eigenvalue weighted by molar-refractivity contribution is 0.307. The van der Waals surface area contributed by atoms with Crippen molar-refractivity contribution in [2.24, 2.45) is 0 Å². The van der Waals surface area contributed by atoms with Crippen molar-refractivity contribution in [3.05, 3.63) is 35.4 Å². The lowest BCUT2D eigenvalue weighted by Gasteiger charge is -2.12. The average Bonchev–Trinajstić information content (AvgIpc) is 2.42. The Morgan fingerprint density at radius 1 is 1.40 bits per heavy atom. The summed E-state index contributed by atoms with van der Waals surface area (Å²) in [6.07, 6.45) is 2.18. The van der Waals surface area contributed by atoms with Crippen LogP contribution in [0.25, 0.3) is 0 Å². The van der Waals surface area contributed by atoms with Gasteiger partial charge in [0.2, 0.25) is 5.88 Å². The highest BCUT2D eigenvalue weighted by Gasteiger charge is 2.11. The molecule has 0 spiro atoms. The van der Waals surface area contributed by atoms with Crippen LogP contribution in [0.3, 0.4) is 0 Å². The second-order valence-corrected chi connectivity index (χ2v) is 4.45. The Kier molecular flexibility index (Phi) is 4.57. The number of nitrogens with two attached hydrogens (primary N) is 1. The van der Waals surface area contributed by atoms with E-state index in [1.165, 1.54) is 24.5 Å². The van der Waals surface area contributed by atoms with Crippen molar-refractivity contribution < 1.29 is 9.13 Å². The van der Waals surface area contributed by atoms with Crippen LogP contribution < -0.4 is 15.8 Å². The number of halogens is 2. The van der Waals surface area contributed by atoms with Gasteiger partial charge in [0.1, 0.15) is 17.8 Å². The van der Waals surface area contributed by atoms with E-state index in [0.717, 1.165) is 6.42 Å². The molecule has 0 radical (unpaired) electrons. The maximum absolute atomic E-state index is 13.0. The normalized spacial score (nSPS) is 10.3. The van der Waals surface area contributed by atoms with E-state index in [1.54, 1.807) is 0 Å². The molecule has 0 amide bonds. The van der Waals surface area contributed by atoms with Gasteiger partial charge >= 0.3 is 0 Å². The number of hydrogen-bond acceptors (Lipinski definition) is 5. The maximum atomic E-state index is 13.0. The Morgan fingerprint density at radius 3 is 2.90 bits per heavy atom. The first-order chi connectivity index (χ1) is 9.61. The van der Waals surface area contributed by atoms with Gasteiger partial charge in [0.25, 0.3) is 0 Å². The van der Waals surface area contributed by atoms with E-state index in [2.05, 4.69) is 15.3 Å². The van der Waals surface area contributed by atoms with Crippen LogP contribution in [0.4, 0.5) is 21.6 Å². The third-order valence-corrected chi connectivity index (χ3v) is 2.79. The van der Waals surface area contributed by atoms with Crippen LogP contribution in [0.2, 0.25) is 5.02 Å². The number of ether oxygens (including phenoxy) is 1. The Morgan fingerprint density at radius 2 is 2.20 bits per heavy atom. The second-order valence-electron chi connectivity index (χ2n) is 4.04. The van der Waals surface area contributed by atoms with E-state index >= 15 is 0 Å². The summed E-state index contributed by atoms with van der Waals surface area (Å²) in [5.41, 5.74) is 6.70. The smallest absolute Gasteiger partial charge is 0.242 e. The van der Waals surface area contributed by atoms with E-state index in [0.29, 0.717) is 24.0 Å². The highest BCUT2D eigenvalue weighted by atomic mass is 35.5. The number of rotatable bonds is 5. The molecule has 106 valence electrons. The highest BCUT2D eigenvalue weighted by Crippen LogP contribution is 2.30. The monoisotopic (exact) mass is 296 g/mol. The van der Waals surface area contributed by atoms with Crippen molar-refractivity contribution in [3.63, 3.8) is 0 Å². The molecule has 1 aromatic heterocycles. The number of nitrogens with zero attached hydrogens (tertiary/aromatic N) is 2. The Hall–Kier alpha value is -2.08. The SMILES string of the molecule is CCCOc1ncnc(Nc2ccc(F)cc2Cl)c1N. The molecule has 0 saturated heterocycles. The molecule has 3 N–H and O–H groups in total. The fourth-order valence-electron chi connectivity index (χ4n) is 1.51. The molecule has 0 bridgehead atoms. The molecular formula is C13H14ClFN4O. The van der Waals surface area contributed by atoms with Crippen LogP contribution in [0.5, 0.6) is 5.88 Å². The molecule has 2 rings (SSSR count). The molecule has 0 aliphatic carbocycles. The average molecular weight is 297 g/mol. The number of anilines is 3. The Labute approximate surface area is 120 Å². The molecule has 0 fully saturated rings. The minimum Gasteiger partial charge on any atom is -0.476 e. The van der Waals surface area contributed by atoms with Gasteiger partial charge in [0.05, 0.1) is 17.3 Å². The number of nitrogen functional groups attached to an aromatic ring is 1. The minimum absolute atomic E-state index is 0.235. The number of nitrogens with one attached hydrogen (secondary N) is 1. The Bertz CT molecular complexity index is 609. The van der Waals surface area contributed by atoms with Crippen molar-refractivity contribution in [1.29, 1.82) is 0 Å². The summed E-state index contributed by atoms with van der Waals surface area (Å²) >= 11 is 5.94. The molecule has 1 heterocycles. The van der Waals surface area contributed by atoms with E-state index in [9.17, 15) is 4.39 Å². The Balaban J connectivity index is 2.24. The largest absolute Gasteiger partial charge is 0.476 e. The molecule has 0 atom stereocenters. The first-order valence-corrected chi connectivity index (χ1v) is 6.45. The van der Waals surface area contributed by atoms with Crippen LogP contribution in [0, 0.1) is 5.82 Å². The minimum atomic E-state index is -0.414. The van der Waals surface area contributed by atoms with Gasteiger partial charge in [-0.1, -0.05) is 18.5 Å². The van der Waals surface area contributed by atoms with Gasteiger partial charge in [0, 0.05) is 0 Å². The van der Waals surface area contributed by atoms with Gasteiger partial charge in [-0.3, -0.25) is 0 Å². The third-order valence-electron chi connectivity index (χ3n) is 2.47. The molecule has 20 heavy (non-hydrogen) atoms. The van der Waals surface area contributed by atoms with Crippen molar-refractivity contribution in [2.45, 2.75) is 13.3 Å². The van der Waals surface area contributed by atoms with Crippen molar-refractivity contribution >= 4 is 28.8 Å². The van der Waals surface area contributed by atoms with Gasteiger partial charge in [-0.15, -0.1) is 0 Å². The standard InChI is InChI=1S/C13H14ClFN4O/c1-2-5-20-13-11(16)12(17-7-18-13)19-10-4-3-8(15)6-9(10)14/h3-4,6-7H,2,5,16H2,1H3,(H,17,18,19). The summed E-state index contributed by atoms with van der Waals surface area (Å²) in [6, 6.07) is 4.00. The molecule has 1 aromatic carbocycles. The van der Waals surface area contributed by atoms with Crippen LogP contribution in [0.1, 0.15) is 13.3 Å². The van der Waals surface area contributed by atoms with E-state index < -0.39 is 5.82 Å². The van der Waals surface area contributed by atoms with Crippen LogP contribution in [0.15, 0.2) is 24.5 Å². The maximum Gasteiger partial charge on any atom is 0.242 e. The quantitative estimate of drug-likeness (QED) is 0.885. The van der Waals surface area contributed by atoms with Crippen molar-refractivity contribution in [2.75, 3.05) is 17.7 Å². The number of hydrogen-bond donors (Lipinski definition) is 2. The van der Waals surface area contributed by atoms with Crippen molar-refractivity contribution in [3.8, 4) is 5.88 Å². The predicted octanol–water partition coefficient (Wildman–Crippen LogP) is 3.38. The number of aromatic nitrogens is 2. The van der Waals surface area contributed by atoms with Crippen LogP contribution >= 0.6 is 11.6 Å². The van der Waals surface area contributed by atoms with E-state index in [-0.39, 0.29) is 10.7 Å². The zero-order valence-electron chi connectivity index (χ0n) is 10.9. The summed E-state index contributed by atoms with van der Waals surface area (Å²) in [4.78, 5) is 7.99. The predicted molar refractivity (Wildman–Crippen MR) is 76.9 cm³/mol. The fourth-order valence-corrected chi connectivity index (χ4v) is 1.73. The number of benzene rings is 1. The molecule has 0 unspecified atom stereocenters. The molecule has 0 aliphatic rings. The van der Waals surface area contributed by atoms with E-state index in [4.69, 9.17) is 22.1 Å². The molecule has 7 heteroatoms. The third kappa shape index (κ3) is 3.27.